The molecular weight excluding hydrogens is 398 g/mol. The third kappa shape index (κ3) is 4.93. The molecule has 1 atom stereocenters. The molecule has 0 saturated carbocycles. The van der Waals surface area contributed by atoms with E-state index in [0.29, 0.717) is 37.8 Å². The normalized spacial score (nSPS) is 16.4. The predicted octanol–water partition coefficient (Wildman–Crippen LogP) is 3.33. The molecule has 0 aromatic heterocycles. The van der Waals surface area contributed by atoms with Crippen molar-refractivity contribution in [3.8, 4) is 11.5 Å². The van der Waals surface area contributed by atoms with Gasteiger partial charge in [-0.05, 0) is 23.8 Å². The van der Waals surface area contributed by atoms with Gasteiger partial charge in [0.05, 0.1) is 17.0 Å². The number of nitrogens with one attached hydrogen (secondary N) is 1. The zero-order valence-electron chi connectivity index (χ0n) is 14.9. The average Bonchev–Trinajstić information content (AvgIpc) is 2.65. The Morgan fingerprint density at radius 1 is 1.17 bits per heavy atom. The summed E-state index contributed by atoms with van der Waals surface area (Å²) in [6.45, 7) is 2.14. The van der Waals surface area contributed by atoms with Crippen molar-refractivity contribution in [3.05, 3.63) is 63.5 Å². The van der Waals surface area contributed by atoms with E-state index in [4.69, 9.17) is 0 Å². The quantitative estimate of drug-likeness (QED) is 0.443. The molecule has 7 nitrogen and oxygen atoms in total. The number of hydrogen-bond acceptors (Lipinski definition) is 6. The highest BCUT2D eigenvalue weighted by atomic mass is 19.4. The summed E-state index contributed by atoms with van der Waals surface area (Å²) in [4.78, 5) is 12.1. The molecule has 2 N–H and O–H groups in total. The molecule has 3 rings (SSSR count). The molecule has 156 valence electrons. The van der Waals surface area contributed by atoms with Crippen LogP contribution in [0.15, 0.2) is 36.4 Å². The van der Waals surface area contributed by atoms with E-state index in [-0.39, 0.29) is 5.56 Å². The highest BCUT2D eigenvalue weighted by Crippen LogP contribution is 2.40. The van der Waals surface area contributed by atoms with Gasteiger partial charge in [-0.1, -0.05) is 12.1 Å². The molecule has 1 saturated heterocycles. The number of alkyl halides is 3. The van der Waals surface area contributed by atoms with E-state index in [2.05, 4.69) is 10.1 Å². The molecule has 2 aromatic carbocycles. The van der Waals surface area contributed by atoms with Crippen LogP contribution in [0.4, 0.5) is 23.2 Å². The van der Waals surface area contributed by atoms with Gasteiger partial charge < -0.3 is 15.2 Å². The van der Waals surface area contributed by atoms with Crippen molar-refractivity contribution >= 4 is 5.69 Å². The highest BCUT2D eigenvalue weighted by Gasteiger charge is 2.33. The predicted molar refractivity (Wildman–Crippen MR) is 94.1 cm³/mol. The van der Waals surface area contributed by atoms with Crippen molar-refractivity contribution in [1.29, 1.82) is 0 Å². The van der Waals surface area contributed by atoms with E-state index in [9.17, 15) is 32.8 Å². The molecule has 11 heteroatoms. The minimum atomic E-state index is -4.85. The lowest BCUT2D eigenvalue weighted by Gasteiger charge is -2.35. The molecule has 0 aliphatic carbocycles. The molecule has 1 fully saturated rings. The number of nitro groups is 1. The van der Waals surface area contributed by atoms with Crippen LogP contribution in [0.1, 0.15) is 17.2 Å². The molecule has 2 aromatic rings. The minimum Gasteiger partial charge on any atom is -0.502 e. The van der Waals surface area contributed by atoms with E-state index in [1.165, 1.54) is 12.1 Å². The third-order valence-electron chi connectivity index (χ3n) is 4.52. The van der Waals surface area contributed by atoms with Crippen molar-refractivity contribution in [2.45, 2.75) is 12.4 Å². The number of benzene rings is 2. The van der Waals surface area contributed by atoms with Gasteiger partial charge in [0.15, 0.2) is 5.75 Å². The summed E-state index contributed by atoms with van der Waals surface area (Å²) >= 11 is 0. The number of halogens is 4. The number of aromatic hydroxyl groups is 1. The zero-order chi connectivity index (χ0) is 21.2. The van der Waals surface area contributed by atoms with Gasteiger partial charge in [-0.15, -0.1) is 13.2 Å². The zero-order valence-corrected chi connectivity index (χ0v) is 14.9. The van der Waals surface area contributed by atoms with E-state index in [0.717, 1.165) is 18.2 Å². The summed E-state index contributed by atoms with van der Waals surface area (Å²) in [6.07, 6.45) is -4.85. The number of rotatable bonds is 5. The van der Waals surface area contributed by atoms with Crippen LogP contribution < -0.4 is 10.1 Å². The number of nitrogens with zero attached hydrogens (tertiary/aromatic N) is 2. The second-order valence-corrected chi connectivity index (χ2v) is 6.43. The second-order valence-electron chi connectivity index (χ2n) is 6.43. The summed E-state index contributed by atoms with van der Waals surface area (Å²) in [5.74, 6) is -2.02. The summed E-state index contributed by atoms with van der Waals surface area (Å²) in [7, 11) is 0. The van der Waals surface area contributed by atoms with Crippen LogP contribution in [0.3, 0.4) is 0 Å². The van der Waals surface area contributed by atoms with Gasteiger partial charge in [-0.25, -0.2) is 4.39 Å². The van der Waals surface area contributed by atoms with E-state index < -0.39 is 40.3 Å². The molecule has 0 amide bonds. The Morgan fingerprint density at radius 3 is 2.34 bits per heavy atom. The fourth-order valence-corrected chi connectivity index (χ4v) is 3.33. The van der Waals surface area contributed by atoms with Gasteiger partial charge in [0.2, 0.25) is 0 Å². The number of phenols is 1. The fourth-order valence-electron chi connectivity index (χ4n) is 3.33. The van der Waals surface area contributed by atoms with Crippen LogP contribution in [0.5, 0.6) is 11.5 Å². The molecular formula is C18H17F4N3O4. The Hall–Kier alpha value is -2.92. The smallest absolute Gasteiger partial charge is 0.502 e. The van der Waals surface area contributed by atoms with Gasteiger partial charge >= 0.3 is 12.0 Å². The number of ether oxygens (including phenoxy) is 1. The van der Waals surface area contributed by atoms with Gasteiger partial charge in [0.1, 0.15) is 11.6 Å². The first-order chi connectivity index (χ1) is 13.7. The molecule has 0 radical (unpaired) electrons. The van der Waals surface area contributed by atoms with Crippen LogP contribution in [0.25, 0.3) is 0 Å². The lowest BCUT2D eigenvalue weighted by molar-refractivity contribution is -0.386. The van der Waals surface area contributed by atoms with Gasteiger partial charge in [0.25, 0.3) is 0 Å². The minimum absolute atomic E-state index is 0.0388. The van der Waals surface area contributed by atoms with E-state index >= 15 is 0 Å². The van der Waals surface area contributed by atoms with Crippen molar-refractivity contribution < 1.29 is 32.3 Å². The van der Waals surface area contributed by atoms with Crippen molar-refractivity contribution in [1.82, 2.24) is 10.2 Å². The van der Waals surface area contributed by atoms with Gasteiger partial charge in [0, 0.05) is 31.7 Å². The van der Waals surface area contributed by atoms with Crippen molar-refractivity contribution in [2.24, 2.45) is 0 Å². The third-order valence-corrected chi connectivity index (χ3v) is 4.52. The van der Waals surface area contributed by atoms with E-state index in [1.54, 1.807) is 0 Å². The maximum atomic E-state index is 14.1. The lowest BCUT2D eigenvalue weighted by Crippen LogP contribution is -2.45. The number of hydrogen-bond donors (Lipinski definition) is 2. The highest BCUT2D eigenvalue weighted by molar-refractivity contribution is 5.54. The summed E-state index contributed by atoms with van der Waals surface area (Å²) in [6, 6.07) is 5.72. The molecule has 0 bridgehead atoms. The first-order valence-corrected chi connectivity index (χ1v) is 8.63. The average molecular weight is 415 g/mol. The van der Waals surface area contributed by atoms with Crippen LogP contribution in [0, 0.1) is 15.9 Å². The van der Waals surface area contributed by atoms with Crippen LogP contribution in [-0.4, -0.2) is 47.5 Å². The van der Waals surface area contributed by atoms with Crippen LogP contribution >= 0.6 is 0 Å². The summed E-state index contributed by atoms with van der Waals surface area (Å²) in [5.41, 5.74) is -0.392. The molecule has 0 unspecified atom stereocenters. The molecule has 1 aliphatic rings. The topological polar surface area (TPSA) is 87.9 Å². The Bertz CT molecular complexity index is 884. The molecule has 1 heterocycles. The SMILES string of the molecule is O=[N+]([O-])c1cc(F)cc([C@@H](c2ccc(OC(F)(F)F)cc2)N2CCNCC2)c1O. The van der Waals surface area contributed by atoms with Crippen LogP contribution in [-0.2, 0) is 0 Å². The monoisotopic (exact) mass is 415 g/mol. The largest absolute Gasteiger partial charge is 0.573 e. The molecule has 1 aliphatic heterocycles. The van der Waals surface area contributed by atoms with Crippen molar-refractivity contribution in [3.63, 3.8) is 0 Å². The number of piperazine rings is 1. The second kappa shape index (κ2) is 8.21. The van der Waals surface area contributed by atoms with Crippen LogP contribution in [0.2, 0.25) is 0 Å². The van der Waals surface area contributed by atoms with Crippen molar-refractivity contribution in [2.75, 3.05) is 26.2 Å². The Labute approximate surface area is 162 Å². The van der Waals surface area contributed by atoms with E-state index in [1.807, 2.05) is 4.90 Å². The number of nitro benzene ring substituents is 1. The first-order valence-electron chi connectivity index (χ1n) is 8.63. The summed E-state index contributed by atoms with van der Waals surface area (Å²) in [5, 5.41) is 24.7. The lowest BCUT2D eigenvalue weighted by atomic mass is 9.94. The van der Waals surface area contributed by atoms with Gasteiger partial charge in [-0.3, -0.25) is 15.0 Å². The standard InChI is InChI=1S/C18H17F4N3O4/c19-12-9-14(17(26)15(10-12)25(27)28)16(24-7-5-23-6-8-24)11-1-3-13(4-2-11)29-18(20,21)22/h1-4,9-10,16,23,26H,5-8H2/t16-/m1/s1. The Balaban J connectivity index is 2.06. The molecule has 0 spiro atoms. The maximum absolute atomic E-state index is 14.1. The Morgan fingerprint density at radius 2 is 1.79 bits per heavy atom. The molecule has 29 heavy (non-hydrogen) atoms. The summed E-state index contributed by atoms with van der Waals surface area (Å²) < 4.78 is 55.1. The number of phenolic OH excluding ortho intramolecular Hbond substituents is 1. The fraction of sp³-hybridized carbons (Fsp3) is 0.333. The Kier molecular flexibility index (Phi) is 5.89. The van der Waals surface area contributed by atoms with Gasteiger partial charge in [-0.2, -0.15) is 0 Å². The maximum Gasteiger partial charge on any atom is 0.573 e. The first kappa shape index (κ1) is 20.8.